The Hall–Kier alpha value is -1.22. The SMILES string of the molecule is Cc1cc(N(C)C)ccc1NC(C)CC1CCCCCN1. The van der Waals surface area contributed by atoms with Crippen LogP contribution >= 0.6 is 0 Å². The first kappa shape index (κ1) is 16.2. The highest BCUT2D eigenvalue weighted by atomic mass is 15.1. The van der Waals surface area contributed by atoms with E-state index >= 15 is 0 Å². The molecule has 1 aliphatic rings. The lowest BCUT2D eigenvalue weighted by molar-refractivity contribution is 0.456. The third-order valence-corrected chi connectivity index (χ3v) is 4.43. The largest absolute Gasteiger partial charge is 0.382 e. The van der Waals surface area contributed by atoms with Crippen molar-refractivity contribution in [2.24, 2.45) is 0 Å². The van der Waals surface area contributed by atoms with E-state index in [1.165, 1.54) is 55.6 Å². The molecule has 0 saturated carbocycles. The minimum atomic E-state index is 0.504. The van der Waals surface area contributed by atoms with E-state index in [2.05, 4.69) is 61.7 Å². The summed E-state index contributed by atoms with van der Waals surface area (Å²) in [7, 11) is 4.17. The maximum absolute atomic E-state index is 3.69. The maximum Gasteiger partial charge on any atom is 0.0373 e. The fraction of sp³-hybridized carbons (Fsp3) is 0.667. The molecule has 0 bridgehead atoms. The molecular weight excluding hydrogens is 258 g/mol. The van der Waals surface area contributed by atoms with E-state index in [0.29, 0.717) is 12.1 Å². The number of rotatable bonds is 5. The van der Waals surface area contributed by atoms with Crippen molar-refractivity contribution in [3.8, 4) is 0 Å². The predicted molar refractivity (Wildman–Crippen MR) is 93.5 cm³/mol. The van der Waals surface area contributed by atoms with Crippen LogP contribution in [-0.2, 0) is 0 Å². The summed E-state index contributed by atoms with van der Waals surface area (Å²) in [5.74, 6) is 0. The van der Waals surface area contributed by atoms with Crippen molar-refractivity contribution in [1.82, 2.24) is 5.32 Å². The van der Waals surface area contributed by atoms with Crippen molar-refractivity contribution in [3.63, 3.8) is 0 Å². The van der Waals surface area contributed by atoms with Crippen molar-refractivity contribution >= 4 is 11.4 Å². The summed E-state index contributed by atoms with van der Waals surface area (Å²) in [4.78, 5) is 2.15. The fourth-order valence-electron chi connectivity index (χ4n) is 3.14. The Kier molecular flexibility index (Phi) is 5.92. The van der Waals surface area contributed by atoms with Crippen LogP contribution in [0.4, 0.5) is 11.4 Å². The Morgan fingerprint density at radius 3 is 2.81 bits per heavy atom. The summed E-state index contributed by atoms with van der Waals surface area (Å²) in [5.41, 5.74) is 3.85. The molecule has 1 fully saturated rings. The van der Waals surface area contributed by atoms with Gasteiger partial charge in [0, 0.05) is 37.6 Å². The van der Waals surface area contributed by atoms with Gasteiger partial charge in [0.05, 0.1) is 0 Å². The van der Waals surface area contributed by atoms with Gasteiger partial charge in [-0.2, -0.15) is 0 Å². The third kappa shape index (κ3) is 4.92. The number of aryl methyl sites for hydroxylation is 1. The minimum Gasteiger partial charge on any atom is -0.382 e. The highest BCUT2D eigenvalue weighted by molar-refractivity contribution is 5.60. The molecule has 2 rings (SSSR count). The van der Waals surface area contributed by atoms with Gasteiger partial charge in [0.2, 0.25) is 0 Å². The van der Waals surface area contributed by atoms with Gasteiger partial charge in [-0.1, -0.05) is 12.8 Å². The molecule has 2 unspecified atom stereocenters. The van der Waals surface area contributed by atoms with Crippen molar-refractivity contribution < 1.29 is 0 Å². The standard InChI is InChI=1S/C18H31N3/c1-14-12-17(21(3)4)9-10-18(14)20-15(2)13-16-8-6-5-7-11-19-16/h9-10,12,15-16,19-20H,5-8,11,13H2,1-4H3. The van der Waals surface area contributed by atoms with Gasteiger partial charge >= 0.3 is 0 Å². The summed E-state index contributed by atoms with van der Waals surface area (Å²) in [6.45, 7) is 5.67. The zero-order valence-electron chi connectivity index (χ0n) is 14.1. The number of anilines is 2. The van der Waals surface area contributed by atoms with E-state index in [1.807, 2.05) is 0 Å². The van der Waals surface area contributed by atoms with Crippen LogP contribution in [0, 0.1) is 6.92 Å². The van der Waals surface area contributed by atoms with Crippen LogP contribution in [0.3, 0.4) is 0 Å². The van der Waals surface area contributed by atoms with E-state index in [-0.39, 0.29) is 0 Å². The van der Waals surface area contributed by atoms with Gasteiger partial charge in [-0.25, -0.2) is 0 Å². The molecule has 0 aliphatic carbocycles. The van der Waals surface area contributed by atoms with Gasteiger partial charge in [0.25, 0.3) is 0 Å². The molecule has 0 spiro atoms. The average Bonchev–Trinajstić information content (AvgIpc) is 2.69. The first-order chi connectivity index (χ1) is 10.1. The monoisotopic (exact) mass is 289 g/mol. The molecule has 3 heteroatoms. The number of hydrogen-bond acceptors (Lipinski definition) is 3. The second kappa shape index (κ2) is 7.69. The number of nitrogens with one attached hydrogen (secondary N) is 2. The molecule has 0 aromatic heterocycles. The Morgan fingerprint density at radius 2 is 2.10 bits per heavy atom. The Morgan fingerprint density at radius 1 is 1.29 bits per heavy atom. The van der Waals surface area contributed by atoms with Crippen LogP contribution < -0.4 is 15.5 Å². The van der Waals surface area contributed by atoms with Gasteiger partial charge < -0.3 is 15.5 Å². The van der Waals surface area contributed by atoms with Gasteiger partial charge in [-0.3, -0.25) is 0 Å². The summed E-state index contributed by atoms with van der Waals surface area (Å²) in [5, 5.41) is 7.38. The predicted octanol–water partition coefficient (Wildman–Crippen LogP) is 3.78. The molecule has 0 amide bonds. The van der Waals surface area contributed by atoms with Crippen LogP contribution in [0.1, 0.15) is 44.6 Å². The van der Waals surface area contributed by atoms with Crippen LogP contribution in [0.5, 0.6) is 0 Å². The van der Waals surface area contributed by atoms with Crippen molar-refractivity contribution in [2.45, 2.75) is 58.0 Å². The van der Waals surface area contributed by atoms with Gasteiger partial charge in [0.15, 0.2) is 0 Å². The van der Waals surface area contributed by atoms with Crippen LogP contribution in [0.15, 0.2) is 18.2 Å². The first-order valence-corrected chi connectivity index (χ1v) is 8.34. The molecule has 2 atom stereocenters. The second-order valence-corrected chi connectivity index (χ2v) is 6.68. The summed E-state index contributed by atoms with van der Waals surface area (Å²) < 4.78 is 0. The number of hydrogen-bond donors (Lipinski definition) is 2. The first-order valence-electron chi connectivity index (χ1n) is 8.34. The minimum absolute atomic E-state index is 0.504. The van der Waals surface area contributed by atoms with E-state index in [0.717, 1.165) is 0 Å². The van der Waals surface area contributed by atoms with Crippen LogP contribution in [0.25, 0.3) is 0 Å². The van der Waals surface area contributed by atoms with Crippen molar-refractivity contribution in [3.05, 3.63) is 23.8 Å². The van der Waals surface area contributed by atoms with Gasteiger partial charge in [-0.15, -0.1) is 0 Å². The topological polar surface area (TPSA) is 27.3 Å². The highest BCUT2D eigenvalue weighted by Gasteiger charge is 2.15. The molecule has 1 aliphatic heterocycles. The quantitative estimate of drug-likeness (QED) is 0.863. The summed E-state index contributed by atoms with van der Waals surface area (Å²) >= 11 is 0. The Balaban J connectivity index is 1.91. The van der Waals surface area contributed by atoms with Crippen molar-refractivity contribution in [1.29, 1.82) is 0 Å². The van der Waals surface area contributed by atoms with Gasteiger partial charge in [-0.05, 0) is 63.4 Å². The Bertz CT molecular complexity index is 434. The van der Waals surface area contributed by atoms with E-state index in [4.69, 9.17) is 0 Å². The third-order valence-electron chi connectivity index (χ3n) is 4.43. The molecule has 1 heterocycles. The maximum atomic E-state index is 3.69. The molecular formula is C18H31N3. The molecule has 0 radical (unpaired) electrons. The van der Waals surface area contributed by atoms with Gasteiger partial charge in [0.1, 0.15) is 0 Å². The zero-order chi connectivity index (χ0) is 15.2. The molecule has 3 nitrogen and oxygen atoms in total. The van der Waals surface area contributed by atoms with Crippen LogP contribution in [0.2, 0.25) is 0 Å². The van der Waals surface area contributed by atoms with E-state index in [9.17, 15) is 0 Å². The average molecular weight is 289 g/mol. The lowest BCUT2D eigenvalue weighted by Crippen LogP contribution is -2.33. The van der Waals surface area contributed by atoms with E-state index < -0.39 is 0 Å². The molecule has 118 valence electrons. The lowest BCUT2D eigenvalue weighted by Gasteiger charge is -2.23. The summed E-state index contributed by atoms with van der Waals surface area (Å²) in [6, 6.07) is 7.83. The van der Waals surface area contributed by atoms with E-state index in [1.54, 1.807) is 0 Å². The molecule has 1 aromatic rings. The zero-order valence-corrected chi connectivity index (χ0v) is 14.1. The number of benzene rings is 1. The number of nitrogens with zero attached hydrogens (tertiary/aromatic N) is 1. The molecule has 1 aromatic carbocycles. The molecule has 1 saturated heterocycles. The Labute approximate surface area is 130 Å². The smallest absolute Gasteiger partial charge is 0.0373 e. The fourth-order valence-corrected chi connectivity index (χ4v) is 3.14. The normalized spacial score (nSPS) is 20.7. The summed E-state index contributed by atoms with van der Waals surface area (Å²) in [6.07, 6.45) is 6.63. The van der Waals surface area contributed by atoms with Crippen LogP contribution in [-0.4, -0.2) is 32.7 Å². The molecule has 2 N–H and O–H groups in total. The van der Waals surface area contributed by atoms with Crippen molar-refractivity contribution in [2.75, 3.05) is 30.9 Å². The highest BCUT2D eigenvalue weighted by Crippen LogP contribution is 2.23. The molecule has 21 heavy (non-hydrogen) atoms. The second-order valence-electron chi connectivity index (χ2n) is 6.68. The lowest BCUT2D eigenvalue weighted by atomic mass is 10.0.